The lowest BCUT2D eigenvalue weighted by atomic mass is 10.2. The van der Waals surface area contributed by atoms with Gasteiger partial charge < -0.3 is 10.4 Å². The number of thioether (sulfide) groups is 1. The predicted octanol–water partition coefficient (Wildman–Crippen LogP) is 1.89. The molecule has 0 radical (unpaired) electrons. The molecule has 1 atom stereocenters. The van der Waals surface area contributed by atoms with Gasteiger partial charge in [0.05, 0.1) is 6.20 Å². The molecule has 1 amide bonds. The maximum atomic E-state index is 12.7. The van der Waals surface area contributed by atoms with E-state index in [4.69, 9.17) is 0 Å². The third-order valence-corrected chi connectivity index (χ3v) is 4.09. The standard InChI is InChI=1S/C15H18FN3O2S/c1-19-10-11(9-18-19)14(20)15(21)17-7-2-8-22-13-5-3-12(16)4-6-13/h3-6,9-10,14,20H,2,7-8H2,1H3,(H,17,21)/t14-/m1/s1. The summed E-state index contributed by atoms with van der Waals surface area (Å²) in [5, 5.41) is 16.5. The average molecular weight is 323 g/mol. The van der Waals surface area contributed by atoms with E-state index in [1.807, 2.05) is 0 Å². The number of halogens is 1. The molecule has 118 valence electrons. The van der Waals surface area contributed by atoms with Gasteiger partial charge in [0.15, 0.2) is 6.10 Å². The van der Waals surface area contributed by atoms with E-state index in [-0.39, 0.29) is 5.82 Å². The number of hydrogen-bond donors (Lipinski definition) is 2. The average Bonchev–Trinajstić information content (AvgIpc) is 2.94. The molecule has 0 unspecified atom stereocenters. The number of carbonyl (C=O) groups is 1. The number of aliphatic hydroxyl groups is 1. The van der Waals surface area contributed by atoms with Gasteiger partial charge in [0, 0.05) is 30.2 Å². The molecular weight excluding hydrogens is 305 g/mol. The highest BCUT2D eigenvalue weighted by Crippen LogP contribution is 2.18. The fourth-order valence-corrected chi connectivity index (χ4v) is 2.69. The van der Waals surface area contributed by atoms with Crippen molar-refractivity contribution in [1.29, 1.82) is 0 Å². The number of nitrogens with one attached hydrogen (secondary N) is 1. The highest BCUT2D eigenvalue weighted by atomic mass is 32.2. The predicted molar refractivity (Wildman–Crippen MR) is 82.9 cm³/mol. The first-order valence-corrected chi connectivity index (χ1v) is 7.87. The largest absolute Gasteiger partial charge is 0.378 e. The number of carbonyl (C=O) groups excluding carboxylic acids is 1. The van der Waals surface area contributed by atoms with Gasteiger partial charge in [0.2, 0.25) is 0 Å². The molecule has 5 nitrogen and oxygen atoms in total. The first-order chi connectivity index (χ1) is 10.6. The van der Waals surface area contributed by atoms with Crippen LogP contribution in [-0.2, 0) is 11.8 Å². The van der Waals surface area contributed by atoms with E-state index >= 15 is 0 Å². The molecule has 0 fully saturated rings. The summed E-state index contributed by atoms with van der Waals surface area (Å²) < 4.78 is 14.3. The molecule has 2 N–H and O–H groups in total. The molecule has 1 aromatic heterocycles. The fraction of sp³-hybridized carbons (Fsp3) is 0.333. The molecule has 0 aliphatic carbocycles. The van der Waals surface area contributed by atoms with Gasteiger partial charge in [-0.15, -0.1) is 11.8 Å². The van der Waals surface area contributed by atoms with Crippen LogP contribution in [0.25, 0.3) is 0 Å². The molecule has 0 aliphatic rings. The Morgan fingerprint density at radius 2 is 2.18 bits per heavy atom. The zero-order chi connectivity index (χ0) is 15.9. The molecular formula is C15H18FN3O2S. The van der Waals surface area contributed by atoms with Gasteiger partial charge >= 0.3 is 0 Å². The van der Waals surface area contributed by atoms with Crippen molar-refractivity contribution < 1.29 is 14.3 Å². The lowest BCUT2D eigenvalue weighted by Gasteiger charge is -2.09. The molecule has 0 spiro atoms. The van der Waals surface area contributed by atoms with Gasteiger partial charge in [-0.25, -0.2) is 4.39 Å². The van der Waals surface area contributed by atoms with Crippen LogP contribution >= 0.6 is 11.8 Å². The van der Waals surface area contributed by atoms with Crippen molar-refractivity contribution in [3.8, 4) is 0 Å². The van der Waals surface area contributed by atoms with Crippen molar-refractivity contribution in [1.82, 2.24) is 15.1 Å². The summed E-state index contributed by atoms with van der Waals surface area (Å²) in [5.74, 6) is 0.121. The van der Waals surface area contributed by atoms with Gasteiger partial charge in [-0.3, -0.25) is 9.48 Å². The van der Waals surface area contributed by atoms with E-state index in [9.17, 15) is 14.3 Å². The second kappa shape index (κ2) is 7.95. The van der Waals surface area contributed by atoms with Crippen molar-refractivity contribution in [3.05, 3.63) is 48.0 Å². The summed E-state index contributed by atoms with van der Waals surface area (Å²) in [7, 11) is 1.72. The van der Waals surface area contributed by atoms with Gasteiger partial charge in [-0.1, -0.05) is 0 Å². The van der Waals surface area contributed by atoms with Crippen molar-refractivity contribution >= 4 is 17.7 Å². The topological polar surface area (TPSA) is 67.2 Å². The van der Waals surface area contributed by atoms with Gasteiger partial charge in [0.25, 0.3) is 5.91 Å². The molecule has 2 aromatic rings. The lowest BCUT2D eigenvalue weighted by Crippen LogP contribution is -2.30. The van der Waals surface area contributed by atoms with Crippen LogP contribution in [0.3, 0.4) is 0 Å². The van der Waals surface area contributed by atoms with Crippen LogP contribution in [0, 0.1) is 5.82 Å². The molecule has 0 saturated carbocycles. The molecule has 0 aliphatic heterocycles. The molecule has 7 heteroatoms. The number of rotatable bonds is 7. The number of nitrogens with zero attached hydrogens (tertiary/aromatic N) is 2. The van der Waals surface area contributed by atoms with Crippen LogP contribution in [0.4, 0.5) is 4.39 Å². The smallest absolute Gasteiger partial charge is 0.253 e. The number of amides is 1. The molecule has 22 heavy (non-hydrogen) atoms. The monoisotopic (exact) mass is 323 g/mol. The number of benzene rings is 1. The maximum Gasteiger partial charge on any atom is 0.253 e. The van der Waals surface area contributed by atoms with E-state index in [0.717, 1.165) is 17.1 Å². The summed E-state index contributed by atoms with van der Waals surface area (Å²) in [6.07, 6.45) is 2.63. The first kappa shape index (κ1) is 16.5. The number of aromatic nitrogens is 2. The normalized spacial score (nSPS) is 12.1. The van der Waals surface area contributed by atoms with Crippen LogP contribution in [0.5, 0.6) is 0 Å². The Labute approximate surface area is 132 Å². The van der Waals surface area contributed by atoms with E-state index in [2.05, 4.69) is 10.4 Å². The Kier molecular flexibility index (Phi) is 5.97. The van der Waals surface area contributed by atoms with Crippen molar-refractivity contribution in [2.45, 2.75) is 17.4 Å². The van der Waals surface area contributed by atoms with Gasteiger partial charge in [0.1, 0.15) is 5.82 Å². The van der Waals surface area contributed by atoms with Gasteiger partial charge in [-0.05, 0) is 36.4 Å². The summed E-state index contributed by atoms with van der Waals surface area (Å²) >= 11 is 1.60. The first-order valence-electron chi connectivity index (χ1n) is 6.89. The summed E-state index contributed by atoms with van der Waals surface area (Å²) in [6.45, 7) is 0.477. The van der Waals surface area contributed by atoms with Crippen LogP contribution < -0.4 is 5.32 Å². The Morgan fingerprint density at radius 1 is 1.45 bits per heavy atom. The minimum Gasteiger partial charge on any atom is -0.378 e. The highest BCUT2D eigenvalue weighted by Gasteiger charge is 2.17. The van der Waals surface area contributed by atoms with Crippen molar-refractivity contribution in [2.75, 3.05) is 12.3 Å². The van der Waals surface area contributed by atoms with Crippen molar-refractivity contribution in [2.24, 2.45) is 7.05 Å². The minimum atomic E-state index is -1.20. The molecule has 1 aromatic carbocycles. The Morgan fingerprint density at radius 3 is 2.82 bits per heavy atom. The Balaban J connectivity index is 1.65. The second-order valence-corrected chi connectivity index (χ2v) is 5.97. The van der Waals surface area contributed by atoms with E-state index in [1.54, 1.807) is 37.1 Å². The van der Waals surface area contributed by atoms with E-state index in [0.29, 0.717) is 12.1 Å². The summed E-state index contributed by atoms with van der Waals surface area (Å²) in [5.41, 5.74) is 0.473. The number of aliphatic hydroxyl groups excluding tert-OH is 1. The molecule has 0 saturated heterocycles. The third-order valence-electron chi connectivity index (χ3n) is 2.99. The number of hydrogen-bond acceptors (Lipinski definition) is 4. The van der Waals surface area contributed by atoms with Crippen LogP contribution in [0.2, 0.25) is 0 Å². The highest BCUT2D eigenvalue weighted by molar-refractivity contribution is 7.99. The SMILES string of the molecule is Cn1cc([C@@H](O)C(=O)NCCCSc2ccc(F)cc2)cn1. The van der Waals surface area contributed by atoms with Gasteiger partial charge in [-0.2, -0.15) is 5.10 Å². The zero-order valence-corrected chi connectivity index (χ0v) is 13.0. The fourth-order valence-electron chi connectivity index (χ4n) is 1.83. The quantitative estimate of drug-likeness (QED) is 0.603. The number of aryl methyl sites for hydroxylation is 1. The summed E-state index contributed by atoms with van der Waals surface area (Å²) in [4.78, 5) is 12.8. The minimum absolute atomic E-state index is 0.249. The Hall–Kier alpha value is -1.86. The zero-order valence-electron chi connectivity index (χ0n) is 12.2. The lowest BCUT2D eigenvalue weighted by molar-refractivity contribution is -0.129. The third kappa shape index (κ3) is 4.85. The van der Waals surface area contributed by atoms with Crippen LogP contribution in [0.1, 0.15) is 18.1 Å². The van der Waals surface area contributed by atoms with Crippen LogP contribution in [0.15, 0.2) is 41.6 Å². The Bertz CT molecular complexity index is 616. The maximum absolute atomic E-state index is 12.7. The summed E-state index contributed by atoms with van der Waals surface area (Å²) in [6, 6.07) is 6.30. The van der Waals surface area contributed by atoms with E-state index < -0.39 is 12.0 Å². The van der Waals surface area contributed by atoms with E-state index in [1.165, 1.54) is 23.0 Å². The molecule has 0 bridgehead atoms. The van der Waals surface area contributed by atoms with Crippen LogP contribution in [-0.4, -0.2) is 33.1 Å². The molecule has 2 rings (SSSR count). The van der Waals surface area contributed by atoms with Crippen molar-refractivity contribution in [3.63, 3.8) is 0 Å². The molecule has 1 heterocycles. The second-order valence-electron chi connectivity index (χ2n) is 4.80.